The number of nitrogens with one attached hydrogen (secondary N) is 2. The Hall–Kier alpha value is -3.57. The second kappa shape index (κ2) is 7.81. The quantitative estimate of drug-likeness (QED) is 0.491. The molecule has 0 unspecified atom stereocenters. The van der Waals surface area contributed by atoms with Gasteiger partial charge in [0.15, 0.2) is 0 Å². The number of rotatable bonds is 5. The molecule has 29 heavy (non-hydrogen) atoms. The van der Waals surface area contributed by atoms with Gasteiger partial charge in [-0.3, -0.25) is 9.59 Å². The zero-order valence-electron chi connectivity index (χ0n) is 14.8. The van der Waals surface area contributed by atoms with Crippen LogP contribution in [0.3, 0.4) is 0 Å². The number of primary sulfonamides is 1. The lowest BCUT2D eigenvalue weighted by Gasteiger charge is -2.12. The third-order valence-electron chi connectivity index (χ3n) is 3.94. The van der Waals surface area contributed by atoms with Gasteiger partial charge in [0.25, 0.3) is 5.91 Å². The van der Waals surface area contributed by atoms with Crippen molar-refractivity contribution in [1.82, 2.24) is 10.2 Å². The summed E-state index contributed by atoms with van der Waals surface area (Å²) in [6.07, 6.45) is 1.18. The van der Waals surface area contributed by atoms with Crippen molar-refractivity contribution in [1.29, 1.82) is 0 Å². The monoisotopic (exact) mass is 418 g/mol. The van der Waals surface area contributed by atoms with E-state index < -0.39 is 40.2 Å². The molecule has 0 spiro atoms. The standard InChI is InChI=1S/C18H15FN4O5S/c19-14-4-2-1-3-11(14)9-15-17(25)23(18(26)22-15)10-16(24)21-12-5-7-13(8-6-12)29(20,27)28/h1-9H,10H2,(H,21,24)(H,22,26)(H2,20,27,28). The fourth-order valence-corrected chi connectivity index (χ4v) is 3.05. The minimum absolute atomic E-state index is 0.109. The first kappa shape index (κ1) is 20.2. The molecule has 0 bridgehead atoms. The molecular weight excluding hydrogens is 403 g/mol. The predicted octanol–water partition coefficient (Wildman–Crippen LogP) is 1.00. The summed E-state index contributed by atoms with van der Waals surface area (Å²) in [5.41, 5.74) is 0.194. The van der Waals surface area contributed by atoms with Gasteiger partial charge in [0.2, 0.25) is 15.9 Å². The highest BCUT2D eigenvalue weighted by atomic mass is 32.2. The molecule has 0 radical (unpaired) electrons. The molecule has 3 rings (SSSR count). The van der Waals surface area contributed by atoms with Crippen LogP contribution < -0.4 is 15.8 Å². The number of benzene rings is 2. The summed E-state index contributed by atoms with van der Waals surface area (Å²) >= 11 is 0. The summed E-state index contributed by atoms with van der Waals surface area (Å²) in [5.74, 6) is -2.04. The fraction of sp³-hybridized carbons (Fsp3) is 0.0556. The van der Waals surface area contributed by atoms with E-state index in [4.69, 9.17) is 5.14 Å². The van der Waals surface area contributed by atoms with Crippen LogP contribution >= 0.6 is 0 Å². The molecule has 2 aromatic carbocycles. The summed E-state index contributed by atoms with van der Waals surface area (Å²) in [6, 6.07) is 9.91. The van der Waals surface area contributed by atoms with Crippen LogP contribution in [-0.4, -0.2) is 37.7 Å². The van der Waals surface area contributed by atoms with Gasteiger partial charge in [-0.25, -0.2) is 27.6 Å². The topological polar surface area (TPSA) is 139 Å². The van der Waals surface area contributed by atoms with E-state index in [1.807, 2.05) is 0 Å². The molecule has 1 fully saturated rings. The van der Waals surface area contributed by atoms with Crippen LogP contribution in [0.1, 0.15) is 5.56 Å². The molecule has 1 aliphatic rings. The molecule has 0 aromatic heterocycles. The van der Waals surface area contributed by atoms with Crippen LogP contribution in [-0.2, 0) is 19.6 Å². The second-order valence-electron chi connectivity index (χ2n) is 6.02. The number of carbonyl (C=O) groups excluding carboxylic acids is 3. The van der Waals surface area contributed by atoms with E-state index in [-0.39, 0.29) is 21.8 Å². The van der Waals surface area contributed by atoms with Crippen molar-refractivity contribution in [3.63, 3.8) is 0 Å². The van der Waals surface area contributed by atoms with Crippen molar-refractivity contribution in [2.24, 2.45) is 5.14 Å². The minimum Gasteiger partial charge on any atom is -0.325 e. The molecule has 4 amide bonds. The molecular formula is C18H15FN4O5S. The van der Waals surface area contributed by atoms with Crippen molar-refractivity contribution in [2.45, 2.75) is 4.90 Å². The molecule has 1 heterocycles. The Morgan fingerprint density at radius 1 is 1.14 bits per heavy atom. The first-order valence-electron chi connectivity index (χ1n) is 8.17. The maximum absolute atomic E-state index is 13.7. The highest BCUT2D eigenvalue weighted by molar-refractivity contribution is 7.89. The van der Waals surface area contributed by atoms with Crippen LogP contribution in [0.5, 0.6) is 0 Å². The Bertz CT molecular complexity index is 1130. The van der Waals surface area contributed by atoms with Crippen molar-refractivity contribution in [2.75, 3.05) is 11.9 Å². The van der Waals surface area contributed by atoms with Gasteiger partial charge in [-0.1, -0.05) is 18.2 Å². The lowest BCUT2D eigenvalue weighted by molar-refractivity contribution is -0.127. The largest absolute Gasteiger partial charge is 0.329 e. The average Bonchev–Trinajstić information content (AvgIpc) is 2.91. The first-order valence-corrected chi connectivity index (χ1v) is 9.71. The third kappa shape index (κ3) is 4.65. The molecule has 0 atom stereocenters. The van der Waals surface area contributed by atoms with E-state index in [1.165, 1.54) is 48.5 Å². The van der Waals surface area contributed by atoms with Crippen LogP contribution in [0, 0.1) is 5.82 Å². The van der Waals surface area contributed by atoms with Crippen LogP contribution in [0.15, 0.2) is 59.1 Å². The highest BCUT2D eigenvalue weighted by Crippen LogP contribution is 2.17. The Labute approximate surface area is 165 Å². The lowest BCUT2D eigenvalue weighted by Crippen LogP contribution is -2.38. The number of hydrogen-bond acceptors (Lipinski definition) is 5. The number of nitrogens with two attached hydrogens (primary N) is 1. The minimum atomic E-state index is -3.87. The van der Waals surface area contributed by atoms with Gasteiger partial charge in [0.1, 0.15) is 18.1 Å². The van der Waals surface area contributed by atoms with E-state index >= 15 is 0 Å². The Morgan fingerprint density at radius 2 is 1.79 bits per heavy atom. The molecule has 0 saturated carbocycles. The van der Waals surface area contributed by atoms with Gasteiger partial charge in [-0.2, -0.15) is 0 Å². The molecule has 1 saturated heterocycles. The van der Waals surface area contributed by atoms with E-state index in [1.54, 1.807) is 6.07 Å². The molecule has 0 aliphatic carbocycles. The van der Waals surface area contributed by atoms with Crippen molar-refractivity contribution in [3.8, 4) is 0 Å². The lowest BCUT2D eigenvalue weighted by atomic mass is 10.2. The van der Waals surface area contributed by atoms with Crippen molar-refractivity contribution in [3.05, 3.63) is 65.6 Å². The summed E-state index contributed by atoms with van der Waals surface area (Å²) in [7, 11) is -3.87. The molecule has 4 N–H and O–H groups in total. The van der Waals surface area contributed by atoms with E-state index in [0.717, 1.165) is 0 Å². The van der Waals surface area contributed by atoms with Gasteiger partial charge in [0, 0.05) is 11.3 Å². The van der Waals surface area contributed by atoms with Crippen LogP contribution in [0.4, 0.5) is 14.9 Å². The SMILES string of the molecule is NS(=O)(=O)c1ccc(NC(=O)CN2C(=O)NC(=Cc3ccccc3F)C2=O)cc1. The zero-order chi connectivity index (χ0) is 21.2. The number of urea groups is 1. The smallest absolute Gasteiger partial charge is 0.325 e. The predicted molar refractivity (Wildman–Crippen MR) is 101 cm³/mol. The van der Waals surface area contributed by atoms with E-state index in [2.05, 4.69) is 10.6 Å². The van der Waals surface area contributed by atoms with Gasteiger partial charge in [-0.15, -0.1) is 0 Å². The van der Waals surface area contributed by atoms with Gasteiger partial charge in [0.05, 0.1) is 4.90 Å². The number of imide groups is 1. The van der Waals surface area contributed by atoms with Crippen LogP contribution in [0.25, 0.3) is 6.08 Å². The summed E-state index contributed by atoms with van der Waals surface area (Å²) in [6.45, 7) is -0.587. The number of hydrogen-bond donors (Lipinski definition) is 3. The number of sulfonamides is 1. The number of nitrogens with zero attached hydrogens (tertiary/aromatic N) is 1. The average molecular weight is 418 g/mol. The maximum atomic E-state index is 13.7. The molecule has 9 nitrogen and oxygen atoms in total. The first-order chi connectivity index (χ1) is 13.6. The molecule has 2 aromatic rings. The summed E-state index contributed by atoms with van der Waals surface area (Å²) < 4.78 is 36.2. The Morgan fingerprint density at radius 3 is 2.41 bits per heavy atom. The molecule has 150 valence electrons. The number of halogens is 1. The second-order valence-corrected chi connectivity index (χ2v) is 7.58. The van der Waals surface area contributed by atoms with Crippen molar-refractivity contribution >= 4 is 39.6 Å². The zero-order valence-corrected chi connectivity index (χ0v) is 15.6. The Balaban J connectivity index is 1.68. The maximum Gasteiger partial charge on any atom is 0.329 e. The molecule has 1 aliphatic heterocycles. The number of anilines is 1. The van der Waals surface area contributed by atoms with Crippen molar-refractivity contribution < 1.29 is 27.2 Å². The summed E-state index contributed by atoms with van der Waals surface area (Å²) in [5, 5.41) is 9.72. The van der Waals surface area contributed by atoms with Crippen LogP contribution in [0.2, 0.25) is 0 Å². The number of carbonyl (C=O) groups is 3. The summed E-state index contributed by atoms with van der Waals surface area (Å²) in [4.78, 5) is 37.1. The third-order valence-corrected chi connectivity index (χ3v) is 4.86. The normalized spacial score (nSPS) is 15.5. The van der Waals surface area contributed by atoms with Gasteiger partial charge in [-0.05, 0) is 36.4 Å². The van der Waals surface area contributed by atoms with Gasteiger partial charge < -0.3 is 10.6 Å². The number of amides is 4. The Kier molecular flexibility index (Phi) is 5.43. The molecule has 11 heteroatoms. The fourth-order valence-electron chi connectivity index (χ4n) is 2.53. The van der Waals surface area contributed by atoms with E-state index in [0.29, 0.717) is 4.90 Å². The highest BCUT2D eigenvalue weighted by Gasteiger charge is 2.35. The van der Waals surface area contributed by atoms with Gasteiger partial charge >= 0.3 is 6.03 Å². The van der Waals surface area contributed by atoms with E-state index in [9.17, 15) is 27.2 Å².